The lowest BCUT2D eigenvalue weighted by atomic mass is 10.3. The van der Waals surface area contributed by atoms with Crippen LogP contribution < -0.4 is 11.3 Å². The molecule has 0 aromatic carbocycles. The van der Waals surface area contributed by atoms with E-state index in [0.29, 0.717) is 9.99 Å². The summed E-state index contributed by atoms with van der Waals surface area (Å²) in [6, 6.07) is 1.65. The Kier molecular flexibility index (Phi) is 2.69. The number of rotatable bonds is 2. The molecule has 0 aliphatic carbocycles. The maximum Gasteiger partial charge on any atom is 0.277 e. The molecular weight excluding hydrogens is 276 g/mol. The van der Waals surface area contributed by atoms with E-state index < -0.39 is 5.91 Å². The van der Waals surface area contributed by atoms with Gasteiger partial charge in [-0.05, 0) is 22.0 Å². The van der Waals surface area contributed by atoms with E-state index in [2.05, 4.69) is 30.9 Å². The van der Waals surface area contributed by atoms with Crippen molar-refractivity contribution in [3.8, 4) is 0 Å². The van der Waals surface area contributed by atoms with Crippen LogP contribution in [0.15, 0.2) is 21.5 Å². The number of halogens is 1. The molecule has 0 saturated carbocycles. The molecule has 1 amide bonds. The van der Waals surface area contributed by atoms with Gasteiger partial charge in [-0.3, -0.25) is 9.59 Å². The van der Waals surface area contributed by atoms with Gasteiger partial charge >= 0.3 is 0 Å². The lowest BCUT2D eigenvalue weighted by molar-refractivity contribution is -0.117. The predicted octanol–water partition coefficient (Wildman–Crippen LogP) is 0.108. The van der Waals surface area contributed by atoms with E-state index in [0.717, 1.165) is 0 Å². The van der Waals surface area contributed by atoms with Crippen molar-refractivity contribution in [2.45, 2.75) is 6.42 Å². The number of primary amides is 1. The molecule has 16 heavy (non-hydrogen) atoms. The SMILES string of the molecule is NC(=O)Cc1nc2cc(Br)cnc2c(=O)[nH]1. The van der Waals surface area contributed by atoms with Gasteiger partial charge in [0.1, 0.15) is 5.82 Å². The summed E-state index contributed by atoms with van der Waals surface area (Å²) in [5.41, 5.74) is 5.30. The molecule has 7 heteroatoms. The highest BCUT2D eigenvalue weighted by Crippen LogP contribution is 2.12. The van der Waals surface area contributed by atoms with Crippen molar-refractivity contribution in [2.75, 3.05) is 0 Å². The Balaban J connectivity index is 2.65. The Morgan fingerprint density at radius 1 is 1.56 bits per heavy atom. The highest BCUT2D eigenvalue weighted by Gasteiger charge is 2.07. The van der Waals surface area contributed by atoms with Crippen LogP contribution in [-0.2, 0) is 11.2 Å². The molecule has 0 saturated heterocycles. The Morgan fingerprint density at radius 3 is 3.00 bits per heavy atom. The molecule has 2 aromatic rings. The molecule has 0 aliphatic rings. The van der Waals surface area contributed by atoms with Gasteiger partial charge in [-0.15, -0.1) is 0 Å². The molecule has 6 nitrogen and oxygen atoms in total. The van der Waals surface area contributed by atoms with Gasteiger partial charge in [0.2, 0.25) is 5.91 Å². The highest BCUT2D eigenvalue weighted by atomic mass is 79.9. The van der Waals surface area contributed by atoms with E-state index in [1.54, 1.807) is 6.07 Å². The van der Waals surface area contributed by atoms with Crippen molar-refractivity contribution >= 4 is 32.9 Å². The van der Waals surface area contributed by atoms with Gasteiger partial charge in [-0.1, -0.05) is 0 Å². The van der Waals surface area contributed by atoms with E-state index in [-0.39, 0.29) is 23.3 Å². The van der Waals surface area contributed by atoms with E-state index >= 15 is 0 Å². The largest absolute Gasteiger partial charge is 0.369 e. The number of hydrogen-bond donors (Lipinski definition) is 2. The molecule has 0 fully saturated rings. The summed E-state index contributed by atoms with van der Waals surface area (Å²) < 4.78 is 0.711. The second-order valence-electron chi connectivity index (χ2n) is 3.18. The minimum absolute atomic E-state index is 0.0995. The molecule has 0 radical (unpaired) electrons. The van der Waals surface area contributed by atoms with E-state index in [9.17, 15) is 9.59 Å². The highest BCUT2D eigenvalue weighted by molar-refractivity contribution is 9.10. The molecule has 0 bridgehead atoms. The zero-order chi connectivity index (χ0) is 11.7. The number of carbonyl (C=O) groups excluding carboxylic acids is 1. The topological polar surface area (TPSA) is 102 Å². The van der Waals surface area contributed by atoms with Crippen molar-refractivity contribution in [1.29, 1.82) is 0 Å². The van der Waals surface area contributed by atoms with E-state index in [1.165, 1.54) is 6.20 Å². The fourth-order valence-electron chi connectivity index (χ4n) is 1.30. The van der Waals surface area contributed by atoms with Crippen LogP contribution in [0.4, 0.5) is 0 Å². The van der Waals surface area contributed by atoms with Crippen LogP contribution in [0.1, 0.15) is 5.82 Å². The number of aromatic nitrogens is 3. The van der Waals surface area contributed by atoms with Gasteiger partial charge in [-0.2, -0.15) is 0 Å². The van der Waals surface area contributed by atoms with E-state index in [1.807, 2.05) is 0 Å². The molecule has 2 aromatic heterocycles. The van der Waals surface area contributed by atoms with Crippen LogP contribution in [0.5, 0.6) is 0 Å². The molecule has 0 atom stereocenters. The third-order valence-electron chi connectivity index (χ3n) is 1.90. The fourth-order valence-corrected chi connectivity index (χ4v) is 1.62. The number of nitrogens with one attached hydrogen (secondary N) is 1. The summed E-state index contributed by atoms with van der Waals surface area (Å²) in [5.74, 6) is -0.310. The molecule has 2 heterocycles. The minimum Gasteiger partial charge on any atom is -0.369 e. The van der Waals surface area contributed by atoms with Gasteiger partial charge in [0, 0.05) is 10.7 Å². The van der Waals surface area contributed by atoms with Crippen LogP contribution in [0.25, 0.3) is 11.0 Å². The van der Waals surface area contributed by atoms with Crippen LogP contribution in [0.3, 0.4) is 0 Å². The number of H-pyrrole nitrogens is 1. The Morgan fingerprint density at radius 2 is 2.31 bits per heavy atom. The molecule has 3 N–H and O–H groups in total. The smallest absolute Gasteiger partial charge is 0.277 e. The van der Waals surface area contributed by atoms with Crippen molar-refractivity contribution < 1.29 is 4.79 Å². The average Bonchev–Trinajstić information content (AvgIpc) is 2.15. The lowest BCUT2D eigenvalue weighted by Gasteiger charge is -2.00. The number of nitrogens with zero attached hydrogens (tertiary/aromatic N) is 2. The summed E-state index contributed by atoms with van der Waals surface area (Å²) in [4.78, 5) is 32.8. The second-order valence-corrected chi connectivity index (χ2v) is 4.09. The molecule has 0 unspecified atom stereocenters. The summed E-state index contributed by atoms with van der Waals surface area (Å²) in [5, 5.41) is 0. The van der Waals surface area contributed by atoms with Gasteiger partial charge in [0.25, 0.3) is 5.56 Å². The quantitative estimate of drug-likeness (QED) is 0.816. The first-order valence-electron chi connectivity index (χ1n) is 4.39. The summed E-state index contributed by atoms with van der Waals surface area (Å²) in [6.45, 7) is 0. The fraction of sp³-hybridized carbons (Fsp3) is 0.111. The zero-order valence-corrected chi connectivity index (χ0v) is 9.61. The predicted molar refractivity (Wildman–Crippen MR) is 60.8 cm³/mol. The van der Waals surface area contributed by atoms with Gasteiger partial charge in [0.05, 0.1) is 11.9 Å². The summed E-state index contributed by atoms with van der Waals surface area (Å²) >= 11 is 3.23. The Bertz CT molecular complexity index is 622. The number of fused-ring (bicyclic) bond motifs is 1. The third kappa shape index (κ3) is 2.08. The molecule has 82 valence electrons. The maximum absolute atomic E-state index is 11.6. The third-order valence-corrected chi connectivity index (χ3v) is 2.34. The van der Waals surface area contributed by atoms with Crippen LogP contribution in [0.2, 0.25) is 0 Å². The Labute approximate surface area is 98.0 Å². The van der Waals surface area contributed by atoms with Crippen LogP contribution >= 0.6 is 15.9 Å². The molecule has 2 rings (SSSR count). The standard InChI is InChI=1S/C9H7BrN4O2/c10-4-1-5-8(12-3-4)9(16)14-7(13-5)2-6(11)15/h1,3H,2H2,(H2,11,15)(H,13,14,16). The molecule has 0 spiro atoms. The van der Waals surface area contributed by atoms with Crippen molar-refractivity contribution in [3.63, 3.8) is 0 Å². The Hall–Kier alpha value is -1.76. The number of amides is 1. The normalized spacial score (nSPS) is 10.6. The number of nitrogens with two attached hydrogens (primary N) is 1. The van der Waals surface area contributed by atoms with Gasteiger partial charge in [0.15, 0.2) is 5.52 Å². The first-order chi connectivity index (χ1) is 7.56. The first kappa shape index (κ1) is 10.7. The zero-order valence-electron chi connectivity index (χ0n) is 8.03. The number of carbonyl (C=O) groups is 1. The lowest BCUT2D eigenvalue weighted by Crippen LogP contribution is -2.20. The summed E-state index contributed by atoms with van der Waals surface area (Å²) in [7, 11) is 0. The number of aromatic amines is 1. The molecular formula is C9H7BrN4O2. The van der Waals surface area contributed by atoms with Gasteiger partial charge < -0.3 is 10.7 Å². The van der Waals surface area contributed by atoms with E-state index in [4.69, 9.17) is 5.73 Å². The number of hydrogen-bond acceptors (Lipinski definition) is 4. The van der Waals surface area contributed by atoms with Gasteiger partial charge in [-0.25, -0.2) is 9.97 Å². The van der Waals surface area contributed by atoms with Crippen LogP contribution in [0, 0.1) is 0 Å². The van der Waals surface area contributed by atoms with Crippen molar-refractivity contribution in [3.05, 3.63) is 32.9 Å². The average molecular weight is 283 g/mol. The molecule has 0 aliphatic heterocycles. The monoisotopic (exact) mass is 282 g/mol. The second kappa shape index (κ2) is 4.01. The number of pyridine rings is 1. The maximum atomic E-state index is 11.6. The van der Waals surface area contributed by atoms with Crippen LogP contribution in [-0.4, -0.2) is 20.9 Å². The van der Waals surface area contributed by atoms with Crippen molar-refractivity contribution in [1.82, 2.24) is 15.0 Å². The summed E-state index contributed by atoms with van der Waals surface area (Å²) in [6.07, 6.45) is 1.41. The first-order valence-corrected chi connectivity index (χ1v) is 5.18. The minimum atomic E-state index is -0.551. The van der Waals surface area contributed by atoms with Crippen molar-refractivity contribution in [2.24, 2.45) is 5.73 Å².